The SMILES string of the molecule is Nc1ccccc1CNc1ncncc1I. The highest BCUT2D eigenvalue weighted by molar-refractivity contribution is 14.1. The second kappa shape index (κ2) is 5.11. The molecule has 0 unspecified atom stereocenters. The zero-order valence-electron chi connectivity index (χ0n) is 8.52. The fraction of sp³-hybridized carbons (Fsp3) is 0.0909. The standard InChI is InChI=1S/C11H11IN4/c12-9-6-14-7-16-11(9)15-5-8-3-1-2-4-10(8)13/h1-4,6-7H,5,13H2,(H,14,15,16). The lowest BCUT2D eigenvalue weighted by molar-refractivity contribution is 1.07. The van der Waals surface area contributed by atoms with Gasteiger partial charge in [-0.25, -0.2) is 9.97 Å². The van der Waals surface area contributed by atoms with Crippen molar-refractivity contribution in [3.63, 3.8) is 0 Å². The van der Waals surface area contributed by atoms with E-state index in [2.05, 4.69) is 37.9 Å². The van der Waals surface area contributed by atoms with E-state index < -0.39 is 0 Å². The third-order valence-corrected chi connectivity index (χ3v) is 2.96. The van der Waals surface area contributed by atoms with Gasteiger partial charge in [-0.1, -0.05) is 18.2 Å². The summed E-state index contributed by atoms with van der Waals surface area (Å²) in [4.78, 5) is 8.09. The van der Waals surface area contributed by atoms with E-state index in [4.69, 9.17) is 5.73 Å². The van der Waals surface area contributed by atoms with E-state index in [9.17, 15) is 0 Å². The number of nitrogens with one attached hydrogen (secondary N) is 1. The third-order valence-electron chi connectivity index (χ3n) is 2.17. The number of benzene rings is 1. The summed E-state index contributed by atoms with van der Waals surface area (Å²) in [6.45, 7) is 0.666. The zero-order chi connectivity index (χ0) is 11.4. The number of para-hydroxylation sites is 1. The Hall–Kier alpha value is -1.37. The van der Waals surface area contributed by atoms with E-state index in [-0.39, 0.29) is 0 Å². The van der Waals surface area contributed by atoms with E-state index >= 15 is 0 Å². The predicted molar refractivity (Wildman–Crippen MR) is 72.9 cm³/mol. The van der Waals surface area contributed by atoms with Crippen molar-refractivity contribution in [2.45, 2.75) is 6.54 Å². The maximum absolute atomic E-state index is 5.85. The molecule has 16 heavy (non-hydrogen) atoms. The van der Waals surface area contributed by atoms with Crippen LogP contribution in [0.1, 0.15) is 5.56 Å². The van der Waals surface area contributed by atoms with Crippen LogP contribution in [0.4, 0.5) is 11.5 Å². The molecular formula is C11H11IN4. The smallest absolute Gasteiger partial charge is 0.143 e. The first kappa shape index (κ1) is 11.1. The number of nitrogens with zero attached hydrogens (tertiary/aromatic N) is 2. The molecule has 0 fully saturated rings. The molecule has 1 aromatic heterocycles. The molecule has 0 atom stereocenters. The normalized spacial score (nSPS) is 10.1. The lowest BCUT2D eigenvalue weighted by Crippen LogP contribution is -2.05. The largest absolute Gasteiger partial charge is 0.398 e. The Balaban J connectivity index is 2.09. The Morgan fingerprint density at radius 2 is 2.12 bits per heavy atom. The monoisotopic (exact) mass is 326 g/mol. The zero-order valence-corrected chi connectivity index (χ0v) is 10.7. The molecule has 0 bridgehead atoms. The van der Waals surface area contributed by atoms with Gasteiger partial charge >= 0.3 is 0 Å². The second-order valence-corrected chi connectivity index (χ2v) is 4.43. The van der Waals surface area contributed by atoms with Crippen molar-refractivity contribution in [3.05, 3.63) is 45.9 Å². The maximum atomic E-state index is 5.85. The molecule has 0 aliphatic rings. The maximum Gasteiger partial charge on any atom is 0.143 e. The molecule has 1 heterocycles. The van der Waals surface area contributed by atoms with Crippen molar-refractivity contribution < 1.29 is 0 Å². The van der Waals surface area contributed by atoms with Crippen LogP contribution in [-0.2, 0) is 6.54 Å². The van der Waals surface area contributed by atoms with Crippen molar-refractivity contribution >= 4 is 34.1 Å². The van der Waals surface area contributed by atoms with E-state index in [0.29, 0.717) is 6.54 Å². The molecule has 0 spiro atoms. The van der Waals surface area contributed by atoms with Gasteiger partial charge in [0.1, 0.15) is 12.1 Å². The molecule has 3 N–H and O–H groups in total. The van der Waals surface area contributed by atoms with Gasteiger partial charge in [-0.3, -0.25) is 0 Å². The van der Waals surface area contributed by atoms with Gasteiger partial charge in [-0.05, 0) is 34.2 Å². The van der Waals surface area contributed by atoms with Crippen molar-refractivity contribution in [1.29, 1.82) is 0 Å². The average molecular weight is 326 g/mol. The van der Waals surface area contributed by atoms with Gasteiger partial charge in [0.15, 0.2) is 0 Å². The lowest BCUT2D eigenvalue weighted by atomic mass is 10.2. The molecule has 4 nitrogen and oxygen atoms in total. The van der Waals surface area contributed by atoms with E-state index in [1.807, 2.05) is 24.3 Å². The first-order chi connectivity index (χ1) is 7.77. The minimum Gasteiger partial charge on any atom is -0.398 e. The Morgan fingerprint density at radius 3 is 2.88 bits per heavy atom. The van der Waals surface area contributed by atoms with Gasteiger partial charge < -0.3 is 11.1 Å². The predicted octanol–water partition coefficient (Wildman–Crippen LogP) is 2.28. The quantitative estimate of drug-likeness (QED) is 0.671. The highest BCUT2D eigenvalue weighted by atomic mass is 127. The summed E-state index contributed by atoms with van der Waals surface area (Å²) in [6, 6.07) is 7.78. The Bertz CT molecular complexity index is 441. The van der Waals surface area contributed by atoms with Crippen LogP contribution in [0.3, 0.4) is 0 Å². The van der Waals surface area contributed by atoms with Crippen LogP contribution in [0.5, 0.6) is 0 Å². The van der Waals surface area contributed by atoms with Crippen molar-refractivity contribution in [3.8, 4) is 0 Å². The van der Waals surface area contributed by atoms with Gasteiger partial charge in [0.25, 0.3) is 0 Å². The van der Waals surface area contributed by atoms with Gasteiger partial charge in [0.05, 0.1) is 3.57 Å². The molecule has 0 amide bonds. The molecule has 2 rings (SSSR count). The van der Waals surface area contributed by atoms with Crippen LogP contribution < -0.4 is 11.1 Å². The fourth-order valence-corrected chi connectivity index (χ4v) is 1.81. The van der Waals surface area contributed by atoms with E-state index in [1.165, 1.54) is 6.33 Å². The summed E-state index contributed by atoms with van der Waals surface area (Å²) in [5.74, 6) is 0.832. The van der Waals surface area contributed by atoms with E-state index in [1.54, 1.807) is 6.20 Å². The minimum atomic E-state index is 0.666. The van der Waals surface area contributed by atoms with Gasteiger partial charge in [0.2, 0.25) is 0 Å². The van der Waals surface area contributed by atoms with Crippen molar-refractivity contribution in [1.82, 2.24) is 9.97 Å². The molecule has 82 valence electrons. The Morgan fingerprint density at radius 1 is 1.31 bits per heavy atom. The molecule has 0 saturated heterocycles. The molecule has 1 aromatic carbocycles. The van der Waals surface area contributed by atoms with Gasteiger partial charge in [-0.2, -0.15) is 0 Å². The molecule has 2 aromatic rings. The first-order valence-corrected chi connectivity index (χ1v) is 5.88. The average Bonchev–Trinajstić information content (AvgIpc) is 2.30. The summed E-state index contributed by atoms with van der Waals surface area (Å²) in [5, 5.41) is 3.23. The number of hydrogen-bond acceptors (Lipinski definition) is 4. The molecule has 5 heteroatoms. The molecule has 0 aliphatic heterocycles. The molecular weight excluding hydrogens is 315 g/mol. The number of nitrogen functional groups attached to an aromatic ring is 1. The third kappa shape index (κ3) is 2.60. The molecule has 0 saturated carbocycles. The topological polar surface area (TPSA) is 63.8 Å². The second-order valence-electron chi connectivity index (χ2n) is 3.27. The minimum absolute atomic E-state index is 0.666. The highest BCUT2D eigenvalue weighted by Gasteiger charge is 2.01. The number of rotatable bonds is 3. The summed E-state index contributed by atoms with van der Waals surface area (Å²) in [6.07, 6.45) is 3.29. The summed E-state index contributed by atoms with van der Waals surface area (Å²) in [7, 11) is 0. The van der Waals surface area contributed by atoms with Crippen molar-refractivity contribution in [2.24, 2.45) is 0 Å². The number of hydrogen-bond donors (Lipinski definition) is 2. The number of halogens is 1. The number of anilines is 2. The van der Waals surface area contributed by atoms with Crippen LogP contribution in [0, 0.1) is 3.57 Å². The van der Waals surface area contributed by atoms with Crippen LogP contribution >= 0.6 is 22.6 Å². The number of nitrogens with two attached hydrogens (primary N) is 1. The Labute approximate surface area is 107 Å². The first-order valence-electron chi connectivity index (χ1n) is 4.80. The molecule has 0 radical (unpaired) electrons. The van der Waals surface area contributed by atoms with Gasteiger partial charge in [-0.15, -0.1) is 0 Å². The van der Waals surface area contributed by atoms with Gasteiger partial charge in [0, 0.05) is 18.4 Å². The van der Waals surface area contributed by atoms with E-state index in [0.717, 1.165) is 20.6 Å². The van der Waals surface area contributed by atoms with Crippen molar-refractivity contribution in [2.75, 3.05) is 11.1 Å². The summed E-state index contributed by atoms with van der Waals surface area (Å²) < 4.78 is 0.995. The van der Waals surface area contributed by atoms with Crippen LogP contribution in [-0.4, -0.2) is 9.97 Å². The Kier molecular flexibility index (Phi) is 3.55. The van der Waals surface area contributed by atoms with Crippen LogP contribution in [0.15, 0.2) is 36.8 Å². The summed E-state index contributed by atoms with van der Waals surface area (Å²) >= 11 is 2.19. The molecule has 0 aliphatic carbocycles. The van der Waals surface area contributed by atoms with Crippen LogP contribution in [0.2, 0.25) is 0 Å². The summed E-state index contributed by atoms with van der Waals surface area (Å²) in [5.41, 5.74) is 7.71. The lowest BCUT2D eigenvalue weighted by Gasteiger charge is -2.08. The fourth-order valence-electron chi connectivity index (χ4n) is 1.32. The highest BCUT2D eigenvalue weighted by Crippen LogP contribution is 2.16. The van der Waals surface area contributed by atoms with Crippen LogP contribution in [0.25, 0.3) is 0 Å². The number of aromatic nitrogens is 2.